The van der Waals surface area contributed by atoms with Gasteiger partial charge in [-0.15, -0.1) is 0 Å². The van der Waals surface area contributed by atoms with Crippen LogP contribution in [-0.2, 0) is 10.2 Å². The lowest BCUT2D eigenvalue weighted by Crippen LogP contribution is -2.51. The first-order chi connectivity index (χ1) is 8.87. The van der Waals surface area contributed by atoms with Crippen molar-refractivity contribution in [3.63, 3.8) is 0 Å². The number of hydrogen-bond donors (Lipinski definition) is 2. The molecule has 0 aromatic rings. The van der Waals surface area contributed by atoms with Gasteiger partial charge >= 0.3 is 0 Å². The molecule has 19 heavy (non-hydrogen) atoms. The van der Waals surface area contributed by atoms with Crippen LogP contribution in [0.3, 0.4) is 0 Å². The second-order valence-corrected chi connectivity index (χ2v) is 7.85. The fourth-order valence-corrected chi connectivity index (χ4v) is 3.62. The Morgan fingerprint density at radius 1 is 1.21 bits per heavy atom. The Balaban J connectivity index is 2.40. The molecular formula is C13H29N3O2S. The van der Waals surface area contributed by atoms with E-state index in [1.165, 1.54) is 23.6 Å². The van der Waals surface area contributed by atoms with Gasteiger partial charge in [0.05, 0.1) is 0 Å². The van der Waals surface area contributed by atoms with E-state index >= 15 is 0 Å². The lowest BCUT2D eigenvalue weighted by Gasteiger charge is -2.30. The quantitative estimate of drug-likeness (QED) is 0.663. The zero-order valence-corrected chi connectivity index (χ0v) is 13.4. The van der Waals surface area contributed by atoms with Gasteiger partial charge in [0.2, 0.25) is 0 Å². The molecule has 1 aliphatic rings. The summed E-state index contributed by atoms with van der Waals surface area (Å²) >= 11 is 0. The van der Waals surface area contributed by atoms with Crippen molar-refractivity contribution in [3.8, 4) is 0 Å². The predicted molar refractivity (Wildman–Crippen MR) is 79.3 cm³/mol. The van der Waals surface area contributed by atoms with E-state index in [0.29, 0.717) is 19.6 Å². The summed E-state index contributed by atoms with van der Waals surface area (Å²) in [5.74, 6) is 0. The number of piperazine rings is 1. The lowest BCUT2D eigenvalue weighted by molar-refractivity contribution is 0.308. The van der Waals surface area contributed by atoms with E-state index in [-0.39, 0.29) is 5.41 Å². The molecular weight excluding hydrogens is 262 g/mol. The van der Waals surface area contributed by atoms with Gasteiger partial charge in [-0.2, -0.15) is 12.7 Å². The normalized spacial score (nSPS) is 18.7. The minimum absolute atomic E-state index is 0.0241. The number of rotatable bonds is 8. The first-order valence-electron chi connectivity index (χ1n) is 7.33. The SMILES string of the molecule is CCCCCC(C)(C)CNS(=O)(=O)N1CCNCC1. The highest BCUT2D eigenvalue weighted by atomic mass is 32.2. The molecule has 0 amide bonds. The third-order valence-corrected chi connectivity index (χ3v) is 5.16. The van der Waals surface area contributed by atoms with Crippen molar-refractivity contribution in [1.82, 2.24) is 14.3 Å². The summed E-state index contributed by atoms with van der Waals surface area (Å²) in [6, 6.07) is 0. The van der Waals surface area contributed by atoms with Gasteiger partial charge in [-0.05, 0) is 11.8 Å². The highest BCUT2D eigenvalue weighted by Crippen LogP contribution is 2.23. The summed E-state index contributed by atoms with van der Waals surface area (Å²) in [5, 5.41) is 3.16. The second kappa shape index (κ2) is 7.57. The van der Waals surface area contributed by atoms with E-state index in [2.05, 4.69) is 30.8 Å². The summed E-state index contributed by atoms with van der Waals surface area (Å²) in [5.41, 5.74) is 0.0241. The molecule has 6 heteroatoms. The lowest BCUT2D eigenvalue weighted by atomic mass is 9.87. The van der Waals surface area contributed by atoms with Crippen LogP contribution in [0.5, 0.6) is 0 Å². The average Bonchev–Trinajstić information content (AvgIpc) is 2.38. The van der Waals surface area contributed by atoms with E-state index in [9.17, 15) is 8.42 Å². The van der Waals surface area contributed by atoms with Gasteiger partial charge in [-0.1, -0.05) is 40.0 Å². The summed E-state index contributed by atoms with van der Waals surface area (Å²) in [7, 11) is -3.30. The molecule has 0 atom stereocenters. The highest BCUT2D eigenvalue weighted by Gasteiger charge is 2.26. The highest BCUT2D eigenvalue weighted by molar-refractivity contribution is 7.87. The first-order valence-corrected chi connectivity index (χ1v) is 8.77. The van der Waals surface area contributed by atoms with E-state index in [1.807, 2.05) is 0 Å². The van der Waals surface area contributed by atoms with Crippen LogP contribution in [0.15, 0.2) is 0 Å². The van der Waals surface area contributed by atoms with Crippen molar-refractivity contribution in [1.29, 1.82) is 0 Å². The molecule has 114 valence electrons. The average molecular weight is 291 g/mol. The van der Waals surface area contributed by atoms with Crippen molar-refractivity contribution in [2.24, 2.45) is 5.41 Å². The van der Waals surface area contributed by atoms with Crippen molar-refractivity contribution < 1.29 is 8.42 Å². The number of hydrogen-bond acceptors (Lipinski definition) is 3. The van der Waals surface area contributed by atoms with E-state index in [1.54, 1.807) is 0 Å². The summed E-state index contributed by atoms with van der Waals surface area (Å²) in [6.07, 6.45) is 4.64. The third kappa shape index (κ3) is 6.21. The summed E-state index contributed by atoms with van der Waals surface area (Å²) < 4.78 is 28.6. The Kier molecular flexibility index (Phi) is 6.73. The van der Waals surface area contributed by atoms with Crippen LogP contribution >= 0.6 is 0 Å². The largest absolute Gasteiger partial charge is 0.314 e. The molecule has 1 aliphatic heterocycles. The summed E-state index contributed by atoms with van der Waals surface area (Å²) in [6.45, 7) is 9.55. The van der Waals surface area contributed by atoms with Gasteiger partial charge in [0.1, 0.15) is 0 Å². The molecule has 0 aliphatic carbocycles. The van der Waals surface area contributed by atoms with Crippen LogP contribution in [0.2, 0.25) is 0 Å². The Morgan fingerprint density at radius 2 is 1.84 bits per heavy atom. The van der Waals surface area contributed by atoms with Gasteiger partial charge < -0.3 is 5.32 Å². The van der Waals surface area contributed by atoms with Gasteiger partial charge in [-0.3, -0.25) is 0 Å². The molecule has 0 aromatic carbocycles. The van der Waals surface area contributed by atoms with Gasteiger partial charge in [0, 0.05) is 32.7 Å². The van der Waals surface area contributed by atoms with Crippen LogP contribution in [0.25, 0.3) is 0 Å². The molecule has 0 radical (unpaired) electrons. The molecule has 0 spiro atoms. The van der Waals surface area contributed by atoms with Crippen molar-refractivity contribution in [3.05, 3.63) is 0 Å². The molecule has 1 heterocycles. The smallest absolute Gasteiger partial charge is 0.279 e. The minimum Gasteiger partial charge on any atom is -0.314 e. The standard InChI is InChI=1S/C13H29N3O2S/c1-4-5-6-7-13(2,3)12-15-19(17,18)16-10-8-14-9-11-16/h14-15H,4-12H2,1-3H3. The number of nitrogens with one attached hydrogen (secondary N) is 2. The molecule has 0 saturated carbocycles. The van der Waals surface area contributed by atoms with Gasteiger partial charge in [0.25, 0.3) is 10.2 Å². The Hall–Kier alpha value is -0.170. The molecule has 1 saturated heterocycles. The molecule has 0 aromatic heterocycles. The Bertz CT molecular complexity index is 349. The zero-order chi connectivity index (χ0) is 14.4. The molecule has 0 bridgehead atoms. The maximum absolute atomic E-state index is 12.1. The molecule has 1 fully saturated rings. The minimum atomic E-state index is -3.30. The van der Waals surface area contributed by atoms with Crippen molar-refractivity contribution in [2.75, 3.05) is 32.7 Å². The predicted octanol–water partition coefficient (Wildman–Crippen LogP) is 1.33. The first kappa shape index (κ1) is 16.9. The monoisotopic (exact) mass is 291 g/mol. The van der Waals surface area contributed by atoms with Gasteiger partial charge in [0.15, 0.2) is 0 Å². The van der Waals surface area contributed by atoms with Crippen LogP contribution in [0.1, 0.15) is 46.5 Å². The summed E-state index contributed by atoms with van der Waals surface area (Å²) in [4.78, 5) is 0. The Labute approximate surface area is 118 Å². The topological polar surface area (TPSA) is 61.4 Å². The maximum atomic E-state index is 12.1. The number of nitrogens with zero attached hydrogens (tertiary/aromatic N) is 1. The zero-order valence-electron chi connectivity index (χ0n) is 12.5. The Morgan fingerprint density at radius 3 is 2.42 bits per heavy atom. The van der Waals surface area contributed by atoms with Crippen LogP contribution in [0, 0.1) is 5.41 Å². The number of unbranched alkanes of at least 4 members (excludes halogenated alkanes) is 2. The van der Waals surface area contributed by atoms with Crippen molar-refractivity contribution in [2.45, 2.75) is 46.5 Å². The molecule has 0 unspecified atom stereocenters. The fourth-order valence-electron chi connectivity index (χ4n) is 2.20. The van der Waals surface area contributed by atoms with Crippen LogP contribution in [0.4, 0.5) is 0 Å². The van der Waals surface area contributed by atoms with E-state index < -0.39 is 10.2 Å². The van der Waals surface area contributed by atoms with Crippen LogP contribution in [-0.4, -0.2) is 45.4 Å². The second-order valence-electron chi connectivity index (χ2n) is 6.10. The molecule has 2 N–H and O–H groups in total. The van der Waals surface area contributed by atoms with E-state index in [0.717, 1.165) is 19.5 Å². The maximum Gasteiger partial charge on any atom is 0.279 e. The van der Waals surface area contributed by atoms with Crippen LogP contribution < -0.4 is 10.0 Å². The molecule has 1 rings (SSSR count). The third-order valence-electron chi connectivity index (χ3n) is 3.61. The molecule has 5 nitrogen and oxygen atoms in total. The van der Waals surface area contributed by atoms with E-state index in [4.69, 9.17) is 0 Å². The van der Waals surface area contributed by atoms with Crippen molar-refractivity contribution >= 4 is 10.2 Å². The fraction of sp³-hybridized carbons (Fsp3) is 1.00. The van der Waals surface area contributed by atoms with Gasteiger partial charge in [-0.25, -0.2) is 4.72 Å².